The van der Waals surface area contributed by atoms with Crippen LogP contribution in [0.5, 0.6) is 11.5 Å². The Morgan fingerprint density at radius 1 is 1.12 bits per heavy atom. The van der Waals surface area contributed by atoms with E-state index in [2.05, 4.69) is 27.9 Å². The zero-order chi connectivity index (χ0) is 16.8. The van der Waals surface area contributed by atoms with Crippen molar-refractivity contribution < 1.29 is 9.84 Å². The molecule has 0 saturated carbocycles. The number of hydrogen-bond donors (Lipinski definition) is 1. The fraction of sp³-hybridized carbons (Fsp3) is 0.150. The van der Waals surface area contributed by atoms with Crippen LogP contribution in [-0.2, 0) is 0 Å². The van der Waals surface area contributed by atoms with Crippen molar-refractivity contribution in [2.45, 2.75) is 18.7 Å². The van der Waals surface area contributed by atoms with Gasteiger partial charge in [-0.3, -0.25) is 0 Å². The molecule has 2 atom stereocenters. The molecule has 3 heterocycles. The van der Waals surface area contributed by atoms with Gasteiger partial charge in [0.1, 0.15) is 11.5 Å². The van der Waals surface area contributed by atoms with Gasteiger partial charge in [-0.15, -0.1) is 0 Å². The van der Waals surface area contributed by atoms with Gasteiger partial charge in [0.2, 0.25) is 6.23 Å². The van der Waals surface area contributed by atoms with Crippen molar-refractivity contribution in [2.24, 2.45) is 5.10 Å². The maximum atomic E-state index is 9.80. The van der Waals surface area contributed by atoms with Gasteiger partial charge in [-0.2, -0.15) is 16.4 Å². The van der Waals surface area contributed by atoms with Crippen molar-refractivity contribution in [3.8, 4) is 11.5 Å². The van der Waals surface area contributed by atoms with E-state index in [0.717, 1.165) is 34.6 Å². The molecule has 25 heavy (non-hydrogen) atoms. The number of benzene rings is 2. The second-order valence-electron chi connectivity index (χ2n) is 6.26. The van der Waals surface area contributed by atoms with Gasteiger partial charge in [-0.25, -0.2) is 5.01 Å². The molecule has 0 spiro atoms. The largest absolute Gasteiger partial charge is 0.508 e. The summed E-state index contributed by atoms with van der Waals surface area (Å²) in [4.78, 5) is 0. The van der Waals surface area contributed by atoms with Gasteiger partial charge < -0.3 is 9.84 Å². The monoisotopic (exact) mass is 348 g/mol. The molecule has 1 aromatic heterocycles. The topological polar surface area (TPSA) is 45.1 Å². The lowest BCUT2D eigenvalue weighted by atomic mass is 9.96. The number of thiophene rings is 1. The van der Waals surface area contributed by atoms with Crippen LogP contribution in [0.1, 0.15) is 35.4 Å². The number of para-hydroxylation sites is 1. The van der Waals surface area contributed by atoms with E-state index in [4.69, 9.17) is 9.84 Å². The molecule has 4 nitrogen and oxygen atoms in total. The summed E-state index contributed by atoms with van der Waals surface area (Å²) in [6, 6.07) is 17.7. The molecule has 0 aliphatic carbocycles. The first-order valence-electron chi connectivity index (χ1n) is 8.22. The summed E-state index contributed by atoms with van der Waals surface area (Å²) >= 11 is 1.66. The molecule has 2 aliphatic rings. The van der Waals surface area contributed by atoms with Crippen LogP contribution < -0.4 is 4.74 Å². The normalized spacial score (nSPS) is 21.3. The molecule has 0 saturated heterocycles. The molecule has 124 valence electrons. The van der Waals surface area contributed by atoms with Crippen LogP contribution in [0, 0.1) is 0 Å². The summed E-state index contributed by atoms with van der Waals surface area (Å²) in [7, 11) is 0. The molecule has 0 fully saturated rings. The molecule has 3 aromatic rings. The highest BCUT2D eigenvalue weighted by Gasteiger charge is 2.40. The van der Waals surface area contributed by atoms with Crippen molar-refractivity contribution in [2.75, 3.05) is 0 Å². The van der Waals surface area contributed by atoms with Gasteiger partial charge in [0.25, 0.3) is 0 Å². The summed E-state index contributed by atoms with van der Waals surface area (Å²) < 4.78 is 6.27. The average Bonchev–Trinajstić information content (AvgIpc) is 3.31. The summed E-state index contributed by atoms with van der Waals surface area (Å²) in [5.41, 5.74) is 4.20. The number of nitrogens with zero attached hydrogens (tertiary/aromatic N) is 2. The molecule has 2 aliphatic heterocycles. The van der Waals surface area contributed by atoms with Crippen molar-refractivity contribution in [3.05, 3.63) is 82.0 Å². The second kappa shape index (κ2) is 5.63. The highest BCUT2D eigenvalue weighted by atomic mass is 32.1. The smallest absolute Gasteiger partial charge is 0.214 e. The van der Waals surface area contributed by atoms with Gasteiger partial charge in [0, 0.05) is 23.1 Å². The molecule has 2 aromatic carbocycles. The fourth-order valence-electron chi connectivity index (χ4n) is 3.53. The van der Waals surface area contributed by atoms with Crippen LogP contribution in [0.2, 0.25) is 0 Å². The zero-order valence-corrected chi connectivity index (χ0v) is 14.2. The van der Waals surface area contributed by atoms with Gasteiger partial charge in [0.15, 0.2) is 0 Å². The summed E-state index contributed by atoms with van der Waals surface area (Å²) in [6.07, 6.45) is 0.575. The molecule has 5 rings (SSSR count). The van der Waals surface area contributed by atoms with E-state index >= 15 is 0 Å². The molecule has 0 radical (unpaired) electrons. The molecule has 0 bridgehead atoms. The quantitative estimate of drug-likeness (QED) is 0.730. The number of rotatable bonds is 2. The Labute approximate surface area is 149 Å². The van der Waals surface area contributed by atoms with Gasteiger partial charge in [0.05, 0.1) is 11.8 Å². The predicted molar refractivity (Wildman–Crippen MR) is 98.0 cm³/mol. The molecular formula is C20H16N2O2S. The van der Waals surface area contributed by atoms with Crippen LogP contribution in [0.4, 0.5) is 0 Å². The predicted octanol–water partition coefficient (Wildman–Crippen LogP) is 4.70. The molecule has 0 amide bonds. The Bertz CT molecular complexity index is 952. The molecular weight excluding hydrogens is 332 g/mol. The fourth-order valence-corrected chi connectivity index (χ4v) is 4.20. The number of ether oxygens (including phenoxy) is 1. The molecule has 5 heteroatoms. The number of aromatic hydroxyl groups is 1. The SMILES string of the molecule is Oc1cccc(C2=NN3[C@@H](c4ccsc4)Oc4ccccc4[C@@H]3C2)c1. The Morgan fingerprint density at radius 2 is 2.04 bits per heavy atom. The Balaban J connectivity index is 1.60. The van der Waals surface area contributed by atoms with Crippen LogP contribution in [0.25, 0.3) is 0 Å². The van der Waals surface area contributed by atoms with Gasteiger partial charge in [-0.05, 0) is 35.0 Å². The third kappa shape index (κ3) is 2.39. The van der Waals surface area contributed by atoms with Crippen LogP contribution in [0.3, 0.4) is 0 Å². The Hall–Kier alpha value is -2.79. The van der Waals surface area contributed by atoms with Crippen molar-refractivity contribution in [1.29, 1.82) is 0 Å². The highest BCUT2D eigenvalue weighted by molar-refractivity contribution is 7.07. The minimum atomic E-state index is -0.221. The lowest BCUT2D eigenvalue weighted by Gasteiger charge is -2.37. The maximum absolute atomic E-state index is 9.80. The first kappa shape index (κ1) is 14.5. The van der Waals surface area contributed by atoms with Crippen LogP contribution >= 0.6 is 11.3 Å². The third-order valence-electron chi connectivity index (χ3n) is 4.71. The van der Waals surface area contributed by atoms with E-state index in [1.54, 1.807) is 23.5 Å². The lowest BCUT2D eigenvalue weighted by molar-refractivity contribution is -0.0187. The van der Waals surface area contributed by atoms with Gasteiger partial charge in [-0.1, -0.05) is 30.3 Å². The minimum Gasteiger partial charge on any atom is -0.508 e. The second-order valence-corrected chi connectivity index (χ2v) is 7.04. The van der Waals surface area contributed by atoms with E-state index in [0.29, 0.717) is 0 Å². The van der Waals surface area contributed by atoms with E-state index < -0.39 is 0 Å². The maximum Gasteiger partial charge on any atom is 0.214 e. The Morgan fingerprint density at radius 3 is 2.88 bits per heavy atom. The zero-order valence-electron chi connectivity index (χ0n) is 13.4. The summed E-state index contributed by atoms with van der Waals surface area (Å²) in [5.74, 6) is 1.18. The van der Waals surface area contributed by atoms with Crippen molar-refractivity contribution in [3.63, 3.8) is 0 Å². The number of hydrazone groups is 1. The third-order valence-corrected chi connectivity index (χ3v) is 5.41. The standard InChI is InChI=1S/C20H16N2O2S/c23-15-5-3-4-13(10-15)17-11-18-16-6-1-2-7-19(16)24-20(22(18)21-17)14-8-9-25-12-14/h1-10,12,18,20,23H,11H2/t18-,20+/m0/s1. The van der Waals surface area contributed by atoms with E-state index in [-0.39, 0.29) is 18.0 Å². The van der Waals surface area contributed by atoms with Crippen LogP contribution in [-0.4, -0.2) is 15.8 Å². The van der Waals surface area contributed by atoms with Crippen LogP contribution in [0.15, 0.2) is 70.5 Å². The summed E-state index contributed by atoms with van der Waals surface area (Å²) in [6.45, 7) is 0. The van der Waals surface area contributed by atoms with Crippen molar-refractivity contribution in [1.82, 2.24) is 5.01 Å². The minimum absolute atomic E-state index is 0.146. The highest BCUT2D eigenvalue weighted by Crippen LogP contribution is 2.47. The number of phenolic OH excluding ortho intramolecular Hbond substituents is 1. The van der Waals surface area contributed by atoms with E-state index in [9.17, 15) is 5.11 Å². The Kier molecular flexibility index (Phi) is 3.28. The summed E-state index contributed by atoms with van der Waals surface area (Å²) in [5, 5.41) is 20.9. The molecule has 1 N–H and O–H groups in total. The number of hydrogen-bond acceptors (Lipinski definition) is 5. The van der Waals surface area contributed by atoms with E-state index in [1.807, 2.05) is 30.3 Å². The number of phenols is 1. The van der Waals surface area contributed by atoms with Crippen molar-refractivity contribution >= 4 is 17.0 Å². The first-order valence-corrected chi connectivity index (χ1v) is 9.17. The number of fused-ring (bicyclic) bond motifs is 3. The molecule has 0 unspecified atom stereocenters. The average molecular weight is 348 g/mol. The first-order chi connectivity index (χ1) is 12.3. The lowest BCUT2D eigenvalue weighted by Crippen LogP contribution is -2.33. The van der Waals surface area contributed by atoms with Gasteiger partial charge >= 0.3 is 0 Å². The van der Waals surface area contributed by atoms with E-state index in [1.165, 1.54) is 0 Å².